The van der Waals surface area contributed by atoms with E-state index in [2.05, 4.69) is 52.5 Å². The van der Waals surface area contributed by atoms with Crippen molar-refractivity contribution in [3.63, 3.8) is 0 Å². The van der Waals surface area contributed by atoms with Crippen LogP contribution in [0.15, 0.2) is 28.7 Å². The van der Waals surface area contributed by atoms with E-state index in [1.807, 2.05) is 6.07 Å². The fourth-order valence-electron chi connectivity index (χ4n) is 2.07. The zero-order valence-corrected chi connectivity index (χ0v) is 11.0. The lowest BCUT2D eigenvalue weighted by atomic mass is 10.2. The molecule has 0 fully saturated rings. The third kappa shape index (κ3) is 2.00. The minimum Gasteiger partial charge on any atom is -0.340 e. The van der Waals surface area contributed by atoms with E-state index in [0.717, 1.165) is 10.2 Å². The number of nitrogens with two attached hydrogens (primary N) is 1. The molecule has 0 saturated heterocycles. The third-order valence-corrected chi connectivity index (χ3v) is 3.12. The monoisotopic (exact) mass is 282 g/mol. The van der Waals surface area contributed by atoms with Gasteiger partial charge in [-0.1, -0.05) is 15.9 Å². The molecule has 4 heteroatoms. The molecule has 0 saturated carbocycles. The predicted molar refractivity (Wildman–Crippen MR) is 69.0 cm³/mol. The number of nitrogens with zero attached hydrogens (tertiary/aromatic N) is 1. The number of aromatic nitrogens is 1. The molecule has 0 aliphatic heterocycles. The Morgan fingerprint density at radius 3 is 2.75 bits per heavy atom. The first-order valence-corrected chi connectivity index (χ1v) is 6.04. The van der Waals surface area contributed by atoms with Crippen molar-refractivity contribution < 1.29 is 4.84 Å². The van der Waals surface area contributed by atoms with Gasteiger partial charge in [-0.3, -0.25) is 4.84 Å². The molecule has 0 spiro atoms. The Morgan fingerprint density at radius 1 is 1.38 bits per heavy atom. The highest BCUT2D eigenvalue weighted by Gasteiger charge is 2.11. The Morgan fingerprint density at radius 2 is 2.12 bits per heavy atom. The standard InChI is InChI=1S/C12H15BrN2O/c1-8(2)15-11(7-16-14)6-9-5-10(13)3-4-12(9)15/h3-6,8H,7,14H2,1-2H3. The maximum Gasteiger partial charge on any atom is 0.108 e. The Hall–Kier alpha value is -0.840. The van der Waals surface area contributed by atoms with Crippen molar-refractivity contribution in [2.75, 3.05) is 0 Å². The number of fused-ring (bicyclic) bond motifs is 1. The summed E-state index contributed by atoms with van der Waals surface area (Å²) in [6.45, 7) is 4.74. The lowest BCUT2D eigenvalue weighted by Gasteiger charge is -2.13. The fraction of sp³-hybridized carbons (Fsp3) is 0.333. The van der Waals surface area contributed by atoms with Crippen molar-refractivity contribution in [2.45, 2.75) is 26.5 Å². The Kier molecular flexibility index (Phi) is 3.33. The molecule has 0 bridgehead atoms. The van der Waals surface area contributed by atoms with Crippen LogP contribution >= 0.6 is 15.9 Å². The molecule has 86 valence electrons. The molecular formula is C12H15BrN2O. The molecule has 2 N–H and O–H groups in total. The van der Waals surface area contributed by atoms with Gasteiger partial charge in [-0.25, -0.2) is 5.90 Å². The van der Waals surface area contributed by atoms with Gasteiger partial charge in [0.05, 0.1) is 0 Å². The number of hydrogen-bond acceptors (Lipinski definition) is 2. The fourth-order valence-corrected chi connectivity index (χ4v) is 2.45. The maximum absolute atomic E-state index is 5.16. The first-order valence-electron chi connectivity index (χ1n) is 5.24. The van der Waals surface area contributed by atoms with E-state index in [1.54, 1.807) is 0 Å². The molecule has 0 radical (unpaired) electrons. The van der Waals surface area contributed by atoms with Crippen molar-refractivity contribution >= 4 is 26.8 Å². The number of rotatable bonds is 3. The molecule has 3 nitrogen and oxygen atoms in total. The average molecular weight is 283 g/mol. The van der Waals surface area contributed by atoms with Crippen LogP contribution < -0.4 is 5.90 Å². The van der Waals surface area contributed by atoms with Crippen LogP contribution in [-0.4, -0.2) is 4.57 Å². The SMILES string of the molecule is CC(C)n1c(CON)cc2cc(Br)ccc21. The van der Waals surface area contributed by atoms with E-state index in [1.165, 1.54) is 10.9 Å². The zero-order chi connectivity index (χ0) is 11.7. The summed E-state index contributed by atoms with van der Waals surface area (Å²) >= 11 is 3.48. The van der Waals surface area contributed by atoms with E-state index in [4.69, 9.17) is 10.7 Å². The zero-order valence-electron chi connectivity index (χ0n) is 9.40. The van der Waals surface area contributed by atoms with Gasteiger partial charge in [-0.05, 0) is 38.1 Å². The van der Waals surface area contributed by atoms with Crippen LogP contribution in [0, 0.1) is 0 Å². The van der Waals surface area contributed by atoms with Crippen LogP contribution in [-0.2, 0) is 11.4 Å². The maximum atomic E-state index is 5.16. The van der Waals surface area contributed by atoms with Gasteiger partial charge in [0.15, 0.2) is 0 Å². The molecule has 0 aliphatic rings. The van der Waals surface area contributed by atoms with E-state index in [-0.39, 0.29) is 0 Å². The molecule has 2 aromatic rings. The van der Waals surface area contributed by atoms with Crippen LogP contribution in [0.2, 0.25) is 0 Å². The highest BCUT2D eigenvalue weighted by Crippen LogP contribution is 2.27. The van der Waals surface area contributed by atoms with E-state index >= 15 is 0 Å². The summed E-state index contributed by atoms with van der Waals surface area (Å²) in [5.74, 6) is 5.16. The van der Waals surface area contributed by atoms with Gasteiger partial charge in [-0.15, -0.1) is 0 Å². The summed E-state index contributed by atoms with van der Waals surface area (Å²) in [5, 5.41) is 1.20. The molecule has 2 rings (SSSR count). The number of benzene rings is 1. The molecule has 1 aromatic carbocycles. The van der Waals surface area contributed by atoms with Gasteiger partial charge in [0, 0.05) is 27.1 Å². The van der Waals surface area contributed by atoms with Crippen LogP contribution in [0.25, 0.3) is 10.9 Å². The minimum atomic E-state index is 0.392. The molecule has 0 atom stereocenters. The summed E-state index contributed by atoms with van der Waals surface area (Å²) in [7, 11) is 0. The topological polar surface area (TPSA) is 40.2 Å². The van der Waals surface area contributed by atoms with Crippen LogP contribution in [0.1, 0.15) is 25.6 Å². The first-order chi connectivity index (χ1) is 7.63. The quantitative estimate of drug-likeness (QED) is 0.877. The molecule has 0 amide bonds. The van der Waals surface area contributed by atoms with Crippen molar-refractivity contribution in [1.82, 2.24) is 4.57 Å². The smallest absolute Gasteiger partial charge is 0.108 e. The third-order valence-electron chi connectivity index (χ3n) is 2.63. The van der Waals surface area contributed by atoms with Crippen LogP contribution in [0.5, 0.6) is 0 Å². The number of hydrogen-bond donors (Lipinski definition) is 1. The van der Waals surface area contributed by atoms with Crippen LogP contribution in [0.4, 0.5) is 0 Å². The molecule has 1 aromatic heterocycles. The Bertz CT molecular complexity index is 505. The molecule has 1 heterocycles. The van der Waals surface area contributed by atoms with Gasteiger partial charge in [-0.2, -0.15) is 0 Å². The predicted octanol–water partition coefficient (Wildman–Crippen LogP) is 3.38. The van der Waals surface area contributed by atoms with Gasteiger partial charge in [0.25, 0.3) is 0 Å². The van der Waals surface area contributed by atoms with Crippen molar-refractivity contribution in [3.8, 4) is 0 Å². The van der Waals surface area contributed by atoms with Gasteiger partial charge in [0.2, 0.25) is 0 Å². The van der Waals surface area contributed by atoms with E-state index < -0.39 is 0 Å². The number of halogens is 1. The Labute approximate surface area is 103 Å². The minimum absolute atomic E-state index is 0.392. The highest BCUT2D eigenvalue weighted by molar-refractivity contribution is 9.10. The molecule has 0 unspecified atom stereocenters. The van der Waals surface area contributed by atoms with Gasteiger partial charge < -0.3 is 4.57 Å². The lowest BCUT2D eigenvalue weighted by molar-refractivity contribution is 0.118. The van der Waals surface area contributed by atoms with E-state index in [9.17, 15) is 0 Å². The molecular weight excluding hydrogens is 268 g/mol. The van der Waals surface area contributed by atoms with Gasteiger partial charge >= 0.3 is 0 Å². The lowest BCUT2D eigenvalue weighted by Crippen LogP contribution is -2.08. The summed E-state index contributed by atoms with van der Waals surface area (Å²) < 4.78 is 3.33. The highest BCUT2D eigenvalue weighted by atomic mass is 79.9. The average Bonchev–Trinajstić information content (AvgIpc) is 2.55. The second-order valence-electron chi connectivity index (χ2n) is 4.11. The van der Waals surface area contributed by atoms with E-state index in [0.29, 0.717) is 12.6 Å². The Balaban J connectivity index is 2.65. The molecule has 0 aliphatic carbocycles. The summed E-state index contributed by atoms with van der Waals surface area (Å²) in [6.07, 6.45) is 0. The summed E-state index contributed by atoms with van der Waals surface area (Å²) in [4.78, 5) is 4.75. The largest absolute Gasteiger partial charge is 0.340 e. The van der Waals surface area contributed by atoms with Gasteiger partial charge in [0.1, 0.15) is 6.61 Å². The second kappa shape index (κ2) is 4.57. The summed E-state index contributed by atoms with van der Waals surface area (Å²) in [6, 6.07) is 8.78. The summed E-state index contributed by atoms with van der Waals surface area (Å²) in [5.41, 5.74) is 2.32. The second-order valence-corrected chi connectivity index (χ2v) is 5.03. The van der Waals surface area contributed by atoms with Crippen molar-refractivity contribution in [2.24, 2.45) is 5.90 Å². The van der Waals surface area contributed by atoms with Crippen molar-refractivity contribution in [3.05, 3.63) is 34.4 Å². The van der Waals surface area contributed by atoms with Crippen LogP contribution in [0.3, 0.4) is 0 Å². The normalized spacial score (nSPS) is 11.6. The first kappa shape index (κ1) is 11.6. The van der Waals surface area contributed by atoms with Crippen molar-refractivity contribution in [1.29, 1.82) is 0 Å². The molecule has 16 heavy (non-hydrogen) atoms.